The molecule has 0 saturated heterocycles. The molecule has 0 unspecified atom stereocenters. The molecule has 3 aromatic rings. The maximum atomic E-state index is 12.5. The minimum absolute atomic E-state index is 0.0633. The number of hydrogen-bond donors (Lipinski definition) is 0. The maximum absolute atomic E-state index is 12.5. The van der Waals surface area contributed by atoms with Gasteiger partial charge in [-0.05, 0) is 54.5 Å². The Morgan fingerprint density at radius 2 is 1.72 bits per heavy atom. The Morgan fingerprint density at radius 1 is 0.966 bits per heavy atom. The van der Waals surface area contributed by atoms with Crippen molar-refractivity contribution in [3.8, 4) is 11.5 Å². The Morgan fingerprint density at radius 3 is 2.48 bits per heavy atom. The summed E-state index contributed by atoms with van der Waals surface area (Å²) in [5.41, 5.74) is 4.02. The standard InChI is InChI=1S/C25H23NO3/c1-2-26(17-20-6-4-3-5-7-20)22-12-8-19(9-13-22)10-14-23(27)21-11-15-24-25(16-21)29-18-28-24/h3-16H,2,17-18H2,1H3/b14-10+. The molecule has 1 aliphatic rings. The smallest absolute Gasteiger partial charge is 0.231 e. The van der Waals surface area contributed by atoms with E-state index in [1.165, 1.54) is 5.56 Å². The molecule has 0 aromatic heterocycles. The lowest BCUT2D eigenvalue weighted by Gasteiger charge is -2.23. The molecule has 0 atom stereocenters. The number of rotatable bonds is 7. The highest BCUT2D eigenvalue weighted by Gasteiger charge is 2.15. The summed E-state index contributed by atoms with van der Waals surface area (Å²) in [7, 11) is 0. The molecule has 4 rings (SSSR count). The number of carbonyl (C=O) groups is 1. The summed E-state index contributed by atoms with van der Waals surface area (Å²) in [6.45, 7) is 4.15. The fraction of sp³-hybridized carbons (Fsp3) is 0.160. The molecule has 0 aliphatic carbocycles. The first kappa shape index (κ1) is 18.8. The molecular formula is C25H23NO3. The van der Waals surface area contributed by atoms with Crippen molar-refractivity contribution in [2.24, 2.45) is 0 Å². The van der Waals surface area contributed by atoms with Crippen LogP contribution >= 0.6 is 0 Å². The van der Waals surface area contributed by atoms with Gasteiger partial charge in [0.2, 0.25) is 6.79 Å². The summed E-state index contributed by atoms with van der Waals surface area (Å²) in [5, 5.41) is 0. The summed E-state index contributed by atoms with van der Waals surface area (Å²) in [6.07, 6.45) is 3.43. The number of benzene rings is 3. The van der Waals surface area contributed by atoms with Gasteiger partial charge in [0.1, 0.15) is 0 Å². The van der Waals surface area contributed by atoms with Crippen LogP contribution in [0, 0.1) is 0 Å². The van der Waals surface area contributed by atoms with Crippen molar-refractivity contribution < 1.29 is 14.3 Å². The van der Waals surface area contributed by atoms with Crippen LogP contribution in [0.3, 0.4) is 0 Å². The lowest BCUT2D eigenvalue weighted by molar-refractivity contribution is 0.104. The van der Waals surface area contributed by atoms with Crippen molar-refractivity contribution in [2.75, 3.05) is 18.2 Å². The molecule has 3 aromatic carbocycles. The average Bonchev–Trinajstić information content (AvgIpc) is 3.25. The van der Waals surface area contributed by atoms with Gasteiger partial charge in [0.15, 0.2) is 17.3 Å². The van der Waals surface area contributed by atoms with Crippen LogP contribution in [0.2, 0.25) is 0 Å². The van der Waals surface area contributed by atoms with Crippen molar-refractivity contribution >= 4 is 17.5 Å². The Bertz CT molecular complexity index is 1010. The number of fused-ring (bicyclic) bond motifs is 1. The third-order valence-electron chi connectivity index (χ3n) is 4.94. The molecule has 146 valence electrons. The predicted molar refractivity (Wildman–Crippen MR) is 116 cm³/mol. The van der Waals surface area contributed by atoms with Gasteiger partial charge in [-0.3, -0.25) is 4.79 Å². The van der Waals surface area contributed by atoms with Gasteiger partial charge in [-0.25, -0.2) is 0 Å². The van der Waals surface area contributed by atoms with Gasteiger partial charge < -0.3 is 14.4 Å². The van der Waals surface area contributed by atoms with Crippen LogP contribution < -0.4 is 14.4 Å². The zero-order chi connectivity index (χ0) is 20.1. The molecule has 0 spiro atoms. The molecule has 1 heterocycles. The van der Waals surface area contributed by atoms with Crippen LogP contribution in [0.1, 0.15) is 28.4 Å². The quantitative estimate of drug-likeness (QED) is 0.407. The van der Waals surface area contributed by atoms with E-state index in [2.05, 4.69) is 48.2 Å². The fourth-order valence-corrected chi connectivity index (χ4v) is 3.30. The van der Waals surface area contributed by atoms with Gasteiger partial charge in [-0.1, -0.05) is 48.5 Å². The van der Waals surface area contributed by atoms with Crippen molar-refractivity contribution in [1.82, 2.24) is 0 Å². The number of hydrogen-bond acceptors (Lipinski definition) is 4. The molecule has 1 aliphatic heterocycles. The molecular weight excluding hydrogens is 362 g/mol. The minimum Gasteiger partial charge on any atom is -0.454 e. The Balaban J connectivity index is 1.42. The van der Waals surface area contributed by atoms with Crippen molar-refractivity contribution in [3.05, 3.63) is 95.6 Å². The molecule has 0 radical (unpaired) electrons. The van der Waals surface area contributed by atoms with Crippen LogP contribution in [0.4, 0.5) is 5.69 Å². The summed E-state index contributed by atoms with van der Waals surface area (Å²) in [5.74, 6) is 1.23. The number of ketones is 1. The number of carbonyl (C=O) groups excluding carboxylic acids is 1. The number of allylic oxidation sites excluding steroid dienone is 1. The third-order valence-corrected chi connectivity index (χ3v) is 4.94. The van der Waals surface area contributed by atoms with Crippen molar-refractivity contribution in [1.29, 1.82) is 0 Å². The van der Waals surface area contributed by atoms with Crippen LogP contribution in [-0.2, 0) is 6.54 Å². The number of anilines is 1. The van der Waals surface area contributed by atoms with Crippen molar-refractivity contribution in [3.63, 3.8) is 0 Å². The van der Waals surface area contributed by atoms with E-state index in [0.29, 0.717) is 17.1 Å². The molecule has 4 nitrogen and oxygen atoms in total. The van der Waals surface area contributed by atoms with Gasteiger partial charge in [0.25, 0.3) is 0 Å². The molecule has 0 N–H and O–H groups in total. The van der Waals surface area contributed by atoms with Crippen LogP contribution in [-0.4, -0.2) is 19.1 Å². The normalized spacial score (nSPS) is 12.3. The van der Waals surface area contributed by atoms with Gasteiger partial charge in [0.05, 0.1) is 0 Å². The number of nitrogens with zero attached hydrogens (tertiary/aromatic N) is 1. The Kier molecular flexibility index (Phi) is 5.61. The first-order valence-electron chi connectivity index (χ1n) is 9.74. The van der Waals surface area contributed by atoms with Crippen LogP contribution in [0.25, 0.3) is 6.08 Å². The van der Waals surface area contributed by atoms with Crippen LogP contribution in [0.5, 0.6) is 11.5 Å². The maximum Gasteiger partial charge on any atom is 0.231 e. The van der Waals surface area contributed by atoms with E-state index in [0.717, 1.165) is 24.3 Å². The first-order chi connectivity index (χ1) is 14.2. The van der Waals surface area contributed by atoms with E-state index >= 15 is 0 Å². The summed E-state index contributed by atoms with van der Waals surface area (Å²) in [4.78, 5) is 14.8. The zero-order valence-corrected chi connectivity index (χ0v) is 16.4. The van der Waals surface area contributed by atoms with Crippen LogP contribution in [0.15, 0.2) is 78.9 Å². The molecule has 0 saturated carbocycles. The van der Waals surface area contributed by atoms with E-state index in [4.69, 9.17) is 9.47 Å². The topological polar surface area (TPSA) is 38.8 Å². The van der Waals surface area contributed by atoms with Gasteiger partial charge >= 0.3 is 0 Å². The van der Waals surface area contributed by atoms with E-state index in [9.17, 15) is 4.79 Å². The minimum atomic E-state index is -0.0633. The van der Waals surface area contributed by atoms with Crippen molar-refractivity contribution in [2.45, 2.75) is 13.5 Å². The molecule has 0 amide bonds. The Labute approximate surface area is 171 Å². The zero-order valence-electron chi connectivity index (χ0n) is 16.4. The van der Waals surface area contributed by atoms with Gasteiger partial charge in [0, 0.05) is 24.3 Å². The van der Waals surface area contributed by atoms with E-state index in [1.807, 2.05) is 24.3 Å². The second-order valence-electron chi connectivity index (χ2n) is 6.86. The largest absolute Gasteiger partial charge is 0.454 e. The second kappa shape index (κ2) is 8.65. The monoisotopic (exact) mass is 385 g/mol. The lowest BCUT2D eigenvalue weighted by Crippen LogP contribution is -2.21. The summed E-state index contributed by atoms with van der Waals surface area (Å²) < 4.78 is 10.6. The van der Waals surface area contributed by atoms with E-state index < -0.39 is 0 Å². The van der Waals surface area contributed by atoms with E-state index in [1.54, 1.807) is 24.3 Å². The van der Waals surface area contributed by atoms with Gasteiger partial charge in [-0.2, -0.15) is 0 Å². The molecule has 29 heavy (non-hydrogen) atoms. The molecule has 0 bridgehead atoms. The predicted octanol–water partition coefficient (Wildman–Crippen LogP) is 5.34. The highest BCUT2D eigenvalue weighted by atomic mass is 16.7. The van der Waals surface area contributed by atoms with Gasteiger partial charge in [-0.15, -0.1) is 0 Å². The summed E-state index contributed by atoms with van der Waals surface area (Å²) in [6, 6.07) is 23.9. The highest BCUT2D eigenvalue weighted by Crippen LogP contribution is 2.32. The number of ether oxygens (including phenoxy) is 2. The summed E-state index contributed by atoms with van der Waals surface area (Å²) >= 11 is 0. The van der Waals surface area contributed by atoms with E-state index in [-0.39, 0.29) is 12.6 Å². The molecule has 4 heteroatoms. The highest BCUT2D eigenvalue weighted by molar-refractivity contribution is 6.07. The lowest BCUT2D eigenvalue weighted by atomic mass is 10.1. The molecule has 0 fully saturated rings. The second-order valence-corrected chi connectivity index (χ2v) is 6.86. The SMILES string of the molecule is CCN(Cc1ccccc1)c1ccc(/C=C/C(=O)c2ccc3c(c2)OCO3)cc1. The Hall–Kier alpha value is -3.53. The fourth-order valence-electron chi connectivity index (χ4n) is 3.30. The average molecular weight is 385 g/mol. The third kappa shape index (κ3) is 4.49. The first-order valence-corrected chi connectivity index (χ1v) is 9.74.